The molecule has 0 radical (unpaired) electrons. The smallest absolute Gasteiger partial charge is 0.255 e. The van der Waals surface area contributed by atoms with E-state index in [2.05, 4.69) is 41.4 Å². The molecule has 0 unspecified atom stereocenters. The fourth-order valence-corrected chi connectivity index (χ4v) is 3.88. The third-order valence-electron chi connectivity index (χ3n) is 5.26. The summed E-state index contributed by atoms with van der Waals surface area (Å²) in [6.45, 7) is 8.14. The van der Waals surface area contributed by atoms with E-state index in [-0.39, 0.29) is 5.91 Å². The predicted molar refractivity (Wildman–Crippen MR) is 114 cm³/mol. The number of hydrogen-bond acceptors (Lipinski definition) is 4. The van der Waals surface area contributed by atoms with Crippen LogP contribution in [0.5, 0.6) is 5.75 Å². The van der Waals surface area contributed by atoms with Crippen LogP contribution in [-0.4, -0.2) is 37.0 Å². The minimum Gasteiger partial charge on any atom is -0.493 e. The van der Waals surface area contributed by atoms with Crippen LogP contribution in [-0.2, 0) is 6.54 Å². The molecule has 0 aliphatic carbocycles. The molecule has 2 atom stereocenters. The largest absolute Gasteiger partial charge is 0.493 e. The SMILES string of the molecule is CCOc1cc(N)c(Cl)cc1C(=O)NC[C@@H]1CN(Cc2ccccc2)C[C@H]1C. The number of carbonyl (C=O) groups excluding carboxylic acids is 1. The van der Waals surface area contributed by atoms with Crippen molar-refractivity contribution in [2.45, 2.75) is 20.4 Å². The highest BCUT2D eigenvalue weighted by Gasteiger charge is 2.30. The summed E-state index contributed by atoms with van der Waals surface area (Å²) in [4.78, 5) is 15.2. The molecule has 1 saturated heterocycles. The normalized spacial score (nSPS) is 19.5. The summed E-state index contributed by atoms with van der Waals surface area (Å²) in [6.07, 6.45) is 0. The molecule has 1 fully saturated rings. The zero-order valence-electron chi connectivity index (χ0n) is 16.5. The number of anilines is 1. The van der Waals surface area contributed by atoms with Crippen molar-refractivity contribution in [2.24, 2.45) is 11.8 Å². The Morgan fingerprint density at radius 1 is 1.29 bits per heavy atom. The summed E-state index contributed by atoms with van der Waals surface area (Å²) in [5.74, 6) is 1.21. The number of nitrogens with one attached hydrogen (secondary N) is 1. The Balaban J connectivity index is 1.59. The van der Waals surface area contributed by atoms with Gasteiger partial charge in [-0.25, -0.2) is 0 Å². The van der Waals surface area contributed by atoms with Gasteiger partial charge in [-0.2, -0.15) is 0 Å². The van der Waals surface area contributed by atoms with Crippen molar-refractivity contribution in [2.75, 3.05) is 32.0 Å². The number of ether oxygens (including phenoxy) is 1. The lowest BCUT2D eigenvalue weighted by atomic mass is 9.98. The van der Waals surface area contributed by atoms with Crippen molar-refractivity contribution in [1.29, 1.82) is 0 Å². The van der Waals surface area contributed by atoms with Gasteiger partial charge in [-0.1, -0.05) is 48.9 Å². The van der Waals surface area contributed by atoms with Gasteiger partial charge in [0.1, 0.15) is 5.75 Å². The minimum atomic E-state index is -0.181. The molecule has 1 aliphatic rings. The number of carbonyl (C=O) groups is 1. The lowest BCUT2D eigenvalue weighted by molar-refractivity contribution is 0.0941. The molecular formula is C22H28ClN3O2. The first-order valence-electron chi connectivity index (χ1n) is 9.74. The van der Waals surface area contributed by atoms with Crippen molar-refractivity contribution in [3.8, 4) is 5.75 Å². The van der Waals surface area contributed by atoms with Gasteiger partial charge < -0.3 is 15.8 Å². The van der Waals surface area contributed by atoms with E-state index in [9.17, 15) is 4.79 Å². The van der Waals surface area contributed by atoms with Crippen LogP contribution in [0.4, 0.5) is 5.69 Å². The first kappa shape index (κ1) is 20.5. The van der Waals surface area contributed by atoms with Crippen LogP contribution in [0.25, 0.3) is 0 Å². The van der Waals surface area contributed by atoms with Crippen LogP contribution < -0.4 is 15.8 Å². The van der Waals surface area contributed by atoms with E-state index >= 15 is 0 Å². The van der Waals surface area contributed by atoms with Gasteiger partial charge >= 0.3 is 0 Å². The Morgan fingerprint density at radius 3 is 2.75 bits per heavy atom. The summed E-state index contributed by atoms with van der Waals surface area (Å²) in [5.41, 5.74) is 7.99. The molecule has 150 valence electrons. The number of amides is 1. The molecule has 0 aromatic heterocycles. The summed E-state index contributed by atoms with van der Waals surface area (Å²) in [7, 11) is 0. The first-order chi connectivity index (χ1) is 13.5. The average Bonchev–Trinajstić information content (AvgIpc) is 3.02. The number of likely N-dealkylation sites (tertiary alicyclic amines) is 1. The van der Waals surface area contributed by atoms with Crippen molar-refractivity contribution in [1.82, 2.24) is 10.2 Å². The summed E-state index contributed by atoms with van der Waals surface area (Å²) in [6, 6.07) is 13.7. The number of hydrogen-bond donors (Lipinski definition) is 2. The Bertz CT molecular complexity index is 813. The van der Waals surface area contributed by atoms with E-state index in [0.717, 1.165) is 19.6 Å². The maximum absolute atomic E-state index is 12.7. The molecule has 5 nitrogen and oxygen atoms in total. The van der Waals surface area contributed by atoms with Gasteiger partial charge in [0.05, 0.1) is 22.9 Å². The number of nitrogen functional groups attached to an aromatic ring is 1. The molecule has 3 rings (SSSR count). The van der Waals surface area contributed by atoms with Gasteiger partial charge in [0.15, 0.2) is 0 Å². The number of nitrogens with zero attached hydrogens (tertiary/aromatic N) is 1. The number of halogens is 1. The van der Waals surface area contributed by atoms with Crippen LogP contribution in [0.3, 0.4) is 0 Å². The molecular weight excluding hydrogens is 374 g/mol. The van der Waals surface area contributed by atoms with Gasteiger partial charge in [-0.05, 0) is 30.4 Å². The van der Waals surface area contributed by atoms with Gasteiger partial charge in [0.25, 0.3) is 5.91 Å². The molecule has 1 aliphatic heterocycles. The molecule has 0 saturated carbocycles. The second-order valence-electron chi connectivity index (χ2n) is 7.43. The van der Waals surface area contributed by atoms with Crippen molar-refractivity contribution >= 4 is 23.2 Å². The standard InChI is InChI=1S/C22H28ClN3O2/c1-3-28-21-10-20(24)19(23)9-18(21)22(27)25-11-17-14-26(12-15(17)2)13-16-7-5-4-6-8-16/h4-10,15,17H,3,11-14,24H2,1-2H3,(H,25,27)/t15-,17-/m1/s1. The fraction of sp³-hybridized carbons (Fsp3) is 0.409. The van der Waals surface area contributed by atoms with Gasteiger partial charge in [0, 0.05) is 32.2 Å². The van der Waals surface area contributed by atoms with Crippen LogP contribution in [0.1, 0.15) is 29.8 Å². The third kappa shape index (κ3) is 4.97. The molecule has 6 heteroatoms. The minimum absolute atomic E-state index is 0.181. The number of rotatable bonds is 7. The molecule has 0 spiro atoms. The van der Waals surface area contributed by atoms with E-state index in [1.807, 2.05) is 13.0 Å². The Labute approximate surface area is 171 Å². The first-order valence-corrected chi connectivity index (χ1v) is 10.1. The maximum Gasteiger partial charge on any atom is 0.255 e. The van der Waals surface area contributed by atoms with E-state index in [0.29, 0.717) is 47.0 Å². The van der Waals surface area contributed by atoms with E-state index in [1.54, 1.807) is 12.1 Å². The summed E-state index contributed by atoms with van der Waals surface area (Å²) in [5, 5.41) is 3.41. The van der Waals surface area contributed by atoms with Crippen LogP contribution in [0.15, 0.2) is 42.5 Å². The van der Waals surface area contributed by atoms with Crippen LogP contribution in [0.2, 0.25) is 5.02 Å². The Kier molecular flexibility index (Phi) is 6.81. The third-order valence-corrected chi connectivity index (χ3v) is 5.59. The highest BCUT2D eigenvalue weighted by Crippen LogP contribution is 2.29. The highest BCUT2D eigenvalue weighted by molar-refractivity contribution is 6.33. The lowest BCUT2D eigenvalue weighted by Crippen LogP contribution is -2.32. The molecule has 28 heavy (non-hydrogen) atoms. The summed E-state index contributed by atoms with van der Waals surface area (Å²) >= 11 is 6.11. The van der Waals surface area contributed by atoms with Crippen molar-refractivity contribution in [3.05, 3.63) is 58.6 Å². The van der Waals surface area contributed by atoms with Gasteiger partial charge in [-0.3, -0.25) is 9.69 Å². The number of benzene rings is 2. The van der Waals surface area contributed by atoms with Crippen LogP contribution in [0, 0.1) is 11.8 Å². The topological polar surface area (TPSA) is 67.6 Å². The molecule has 1 heterocycles. The van der Waals surface area contributed by atoms with E-state index < -0.39 is 0 Å². The Morgan fingerprint density at radius 2 is 2.04 bits per heavy atom. The monoisotopic (exact) mass is 401 g/mol. The lowest BCUT2D eigenvalue weighted by Gasteiger charge is -2.17. The molecule has 3 N–H and O–H groups in total. The molecule has 2 aromatic carbocycles. The quantitative estimate of drug-likeness (QED) is 0.692. The van der Waals surface area contributed by atoms with Crippen LogP contribution >= 0.6 is 11.6 Å². The zero-order chi connectivity index (χ0) is 20.1. The van der Waals surface area contributed by atoms with E-state index in [4.69, 9.17) is 22.1 Å². The zero-order valence-corrected chi connectivity index (χ0v) is 17.2. The second-order valence-corrected chi connectivity index (χ2v) is 7.84. The van der Waals surface area contributed by atoms with E-state index in [1.165, 1.54) is 5.56 Å². The van der Waals surface area contributed by atoms with Crippen molar-refractivity contribution < 1.29 is 9.53 Å². The predicted octanol–water partition coefficient (Wildman–Crippen LogP) is 3.82. The second kappa shape index (κ2) is 9.30. The molecule has 2 aromatic rings. The fourth-order valence-electron chi connectivity index (χ4n) is 3.72. The van der Waals surface area contributed by atoms with Crippen molar-refractivity contribution in [3.63, 3.8) is 0 Å². The molecule has 0 bridgehead atoms. The molecule has 1 amide bonds. The highest BCUT2D eigenvalue weighted by atomic mass is 35.5. The summed E-state index contributed by atoms with van der Waals surface area (Å²) < 4.78 is 5.56. The van der Waals surface area contributed by atoms with Gasteiger partial charge in [-0.15, -0.1) is 0 Å². The Hall–Kier alpha value is -2.24. The average molecular weight is 402 g/mol. The number of nitrogens with two attached hydrogens (primary N) is 1. The maximum atomic E-state index is 12.7. The van der Waals surface area contributed by atoms with Gasteiger partial charge in [0.2, 0.25) is 0 Å².